The molecule has 0 saturated carbocycles. The molecule has 0 radical (unpaired) electrons. The first-order chi connectivity index (χ1) is 10.2. The molecule has 1 heterocycles. The molecule has 0 aromatic heterocycles. The predicted octanol–water partition coefficient (Wildman–Crippen LogP) is 2.57. The zero-order chi connectivity index (χ0) is 15.0. The molecule has 1 aromatic rings. The lowest BCUT2D eigenvalue weighted by molar-refractivity contribution is -0.0222. The Morgan fingerprint density at radius 2 is 2.10 bits per heavy atom. The second-order valence-electron chi connectivity index (χ2n) is 6.41. The molecule has 21 heavy (non-hydrogen) atoms. The van der Waals surface area contributed by atoms with Crippen molar-refractivity contribution in [2.24, 2.45) is 5.41 Å². The molecule has 0 spiro atoms. The molecule has 1 aliphatic heterocycles. The number of hydrogen-bond acceptors (Lipinski definition) is 3. The lowest BCUT2D eigenvalue weighted by Gasteiger charge is -2.40. The van der Waals surface area contributed by atoms with E-state index in [0.717, 1.165) is 45.8 Å². The minimum Gasteiger partial charge on any atom is -0.381 e. The number of rotatable bonds is 8. The molecule has 1 fully saturated rings. The van der Waals surface area contributed by atoms with Gasteiger partial charge in [-0.3, -0.25) is 0 Å². The highest BCUT2D eigenvalue weighted by Gasteiger charge is 2.33. The smallest absolute Gasteiger partial charge is 0.0546 e. The Hall–Kier alpha value is -0.900. The van der Waals surface area contributed by atoms with Crippen LogP contribution in [-0.2, 0) is 11.2 Å². The summed E-state index contributed by atoms with van der Waals surface area (Å²) in [5.74, 6) is 0. The van der Waals surface area contributed by atoms with Crippen LogP contribution in [0.5, 0.6) is 0 Å². The molecular weight excluding hydrogens is 260 g/mol. The lowest BCUT2D eigenvalue weighted by atomic mass is 9.81. The molecule has 0 amide bonds. The van der Waals surface area contributed by atoms with Crippen molar-refractivity contribution in [3.05, 3.63) is 35.9 Å². The number of likely N-dealkylation sites (N-methyl/N-ethyl adjacent to an activating group) is 1. The van der Waals surface area contributed by atoms with Gasteiger partial charge in [0, 0.05) is 31.7 Å². The van der Waals surface area contributed by atoms with Crippen LogP contribution in [0.2, 0.25) is 0 Å². The zero-order valence-corrected chi connectivity index (χ0v) is 13.6. The molecule has 0 bridgehead atoms. The summed E-state index contributed by atoms with van der Waals surface area (Å²) in [4.78, 5) is 2.47. The van der Waals surface area contributed by atoms with Crippen molar-refractivity contribution in [2.45, 2.75) is 26.2 Å². The highest BCUT2D eigenvalue weighted by molar-refractivity contribution is 5.14. The van der Waals surface area contributed by atoms with Gasteiger partial charge in [0.05, 0.1) is 6.61 Å². The summed E-state index contributed by atoms with van der Waals surface area (Å²) in [5, 5.41) is 3.53. The van der Waals surface area contributed by atoms with E-state index in [9.17, 15) is 0 Å². The second kappa shape index (κ2) is 8.52. The molecule has 3 nitrogen and oxygen atoms in total. The summed E-state index contributed by atoms with van der Waals surface area (Å²) in [6, 6.07) is 10.8. The summed E-state index contributed by atoms with van der Waals surface area (Å²) >= 11 is 0. The van der Waals surface area contributed by atoms with Crippen LogP contribution in [-0.4, -0.2) is 51.3 Å². The maximum atomic E-state index is 5.78. The minimum atomic E-state index is 0.291. The topological polar surface area (TPSA) is 24.5 Å². The van der Waals surface area contributed by atoms with E-state index in [0.29, 0.717) is 5.41 Å². The van der Waals surface area contributed by atoms with Crippen molar-refractivity contribution in [1.82, 2.24) is 10.2 Å². The first-order valence-electron chi connectivity index (χ1n) is 8.25. The first kappa shape index (κ1) is 16.5. The van der Waals surface area contributed by atoms with Crippen molar-refractivity contribution >= 4 is 0 Å². The monoisotopic (exact) mass is 290 g/mol. The molecule has 1 saturated heterocycles. The fourth-order valence-electron chi connectivity index (χ4n) is 3.24. The molecule has 1 N–H and O–H groups in total. The average Bonchev–Trinajstić information content (AvgIpc) is 2.53. The van der Waals surface area contributed by atoms with Gasteiger partial charge in [0.15, 0.2) is 0 Å². The van der Waals surface area contributed by atoms with Gasteiger partial charge in [-0.25, -0.2) is 0 Å². The second-order valence-corrected chi connectivity index (χ2v) is 6.41. The normalized spacial score (nSPS) is 22.6. The largest absolute Gasteiger partial charge is 0.381 e. The van der Waals surface area contributed by atoms with Crippen LogP contribution in [0.4, 0.5) is 0 Å². The van der Waals surface area contributed by atoms with Crippen molar-refractivity contribution in [3.63, 3.8) is 0 Å². The summed E-state index contributed by atoms with van der Waals surface area (Å²) in [5.41, 5.74) is 1.71. The standard InChI is InChI=1S/C18H30N2O/c1-3-19-14-18(11-7-13-21-16-18)15-20(2)12-10-17-8-5-4-6-9-17/h4-6,8-9,19H,3,7,10-16H2,1-2H3. The third-order valence-corrected chi connectivity index (χ3v) is 4.38. The fraction of sp³-hybridized carbons (Fsp3) is 0.667. The van der Waals surface area contributed by atoms with Gasteiger partial charge in [-0.05, 0) is 38.4 Å². The highest BCUT2D eigenvalue weighted by atomic mass is 16.5. The van der Waals surface area contributed by atoms with Crippen LogP contribution in [0.1, 0.15) is 25.3 Å². The van der Waals surface area contributed by atoms with Crippen LogP contribution < -0.4 is 5.32 Å². The molecule has 118 valence electrons. The van der Waals surface area contributed by atoms with Gasteiger partial charge in [-0.15, -0.1) is 0 Å². The summed E-state index contributed by atoms with van der Waals surface area (Å²) in [6.07, 6.45) is 3.59. The van der Waals surface area contributed by atoms with Crippen LogP contribution in [0.3, 0.4) is 0 Å². The van der Waals surface area contributed by atoms with Gasteiger partial charge in [0.25, 0.3) is 0 Å². The maximum absolute atomic E-state index is 5.78. The van der Waals surface area contributed by atoms with Gasteiger partial charge in [-0.2, -0.15) is 0 Å². The van der Waals surface area contributed by atoms with Gasteiger partial charge in [0.2, 0.25) is 0 Å². The quantitative estimate of drug-likeness (QED) is 0.796. The Kier molecular flexibility index (Phi) is 6.68. The third kappa shape index (κ3) is 5.42. The molecule has 1 unspecified atom stereocenters. The van der Waals surface area contributed by atoms with E-state index in [-0.39, 0.29) is 0 Å². The van der Waals surface area contributed by atoms with Gasteiger partial charge in [0.1, 0.15) is 0 Å². The number of nitrogens with zero attached hydrogens (tertiary/aromatic N) is 1. The molecule has 2 rings (SSSR count). The Labute approximate surface area is 129 Å². The van der Waals surface area contributed by atoms with Crippen molar-refractivity contribution < 1.29 is 4.74 Å². The van der Waals surface area contributed by atoms with Gasteiger partial charge >= 0.3 is 0 Å². The van der Waals surface area contributed by atoms with E-state index < -0.39 is 0 Å². The Bertz CT molecular complexity index is 387. The van der Waals surface area contributed by atoms with Crippen molar-refractivity contribution in [1.29, 1.82) is 0 Å². The minimum absolute atomic E-state index is 0.291. The molecule has 1 aromatic carbocycles. The number of benzene rings is 1. The summed E-state index contributed by atoms with van der Waals surface area (Å²) in [6.45, 7) is 8.34. The van der Waals surface area contributed by atoms with Gasteiger partial charge < -0.3 is 15.0 Å². The maximum Gasteiger partial charge on any atom is 0.0546 e. The SMILES string of the molecule is CCNCC1(CN(C)CCc2ccccc2)CCCOC1. The Balaban J connectivity index is 1.84. The number of ether oxygens (including phenoxy) is 1. The molecule has 1 atom stereocenters. The van der Waals surface area contributed by atoms with E-state index in [1.165, 1.54) is 18.4 Å². The lowest BCUT2D eigenvalue weighted by Crippen LogP contribution is -2.48. The van der Waals surface area contributed by atoms with Crippen LogP contribution in [0, 0.1) is 5.41 Å². The predicted molar refractivity (Wildman–Crippen MR) is 88.7 cm³/mol. The molecular formula is C18H30N2O. The van der Waals surface area contributed by atoms with Crippen LogP contribution >= 0.6 is 0 Å². The van der Waals surface area contributed by atoms with E-state index >= 15 is 0 Å². The van der Waals surface area contributed by atoms with Crippen LogP contribution in [0.25, 0.3) is 0 Å². The van der Waals surface area contributed by atoms with E-state index in [1.807, 2.05) is 0 Å². The highest BCUT2D eigenvalue weighted by Crippen LogP contribution is 2.29. The molecule has 0 aliphatic carbocycles. The molecule has 3 heteroatoms. The first-order valence-corrected chi connectivity index (χ1v) is 8.25. The van der Waals surface area contributed by atoms with Crippen molar-refractivity contribution in [2.75, 3.05) is 46.4 Å². The average molecular weight is 290 g/mol. The third-order valence-electron chi connectivity index (χ3n) is 4.38. The van der Waals surface area contributed by atoms with E-state index in [2.05, 4.69) is 54.5 Å². The van der Waals surface area contributed by atoms with E-state index in [4.69, 9.17) is 4.74 Å². The number of nitrogens with one attached hydrogen (secondary N) is 1. The van der Waals surface area contributed by atoms with Crippen molar-refractivity contribution in [3.8, 4) is 0 Å². The van der Waals surface area contributed by atoms with Gasteiger partial charge in [-0.1, -0.05) is 37.3 Å². The zero-order valence-electron chi connectivity index (χ0n) is 13.6. The van der Waals surface area contributed by atoms with Crippen LogP contribution in [0.15, 0.2) is 30.3 Å². The Morgan fingerprint density at radius 3 is 2.76 bits per heavy atom. The summed E-state index contributed by atoms with van der Waals surface area (Å²) in [7, 11) is 2.24. The fourth-order valence-corrected chi connectivity index (χ4v) is 3.24. The number of hydrogen-bond donors (Lipinski definition) is 1. The summed E-state index contributed by atoms with van der Waals surface area (Å²) < 4.78 is 5.78. The van der Waals surface area contributed by atoms with E-state index in [1.54, 1.807) is 0 Å². The molecule has 1 aliphatic rings. The Morgan fingerprint density at radius 1 is 1.29 bits per heavy atom.